The molecule has 0 fully saturated rings. The molecule has 0 unspecified atom stereocenters. The maximum absolute atomic E-state index is 10.7. The quantitative estimate of drug-likeness (QED) is 0.803. The molecular formula is C14H18N4O. The topological polar surface area (TPSA) is 59.8 Å². The third kappa shape index (κ3) is 4.21. The van der Waals surface area contributed by atoms with Crippen LogP contribution in [0.3, 0.4) is 0 Å². The lowest BCUT2D eigenvalue weighted by Crippen LogP contribution is -2.20. The summed E-state index contributed by atoms with van der Waals surface area (Å²) in [4.78, 5) is 10.7. The summed E-state index contributed by atoms with van der Waals surface area (Å²) in [5, 5.41) is 11.0. The van der Waals surface area contributed by atoms with E-state index in [1.807, 2.05) is 36.5 Å². The Labute approximate surface area is 112 Å². The lowest BCUT2D eigenvalue weighted by atomic mass is 10.2. The Kier molecular flexibility index (Phi) is 4.66. The van der Waals surface area contributed by atoms with Crippen LogP contribution in [0.2, 0.25) is 0 Å². The van der Waals surface area contributed by atoms with Crippen molar-refractivity contribution >= 4 is 5.91 Å². The third-order valence-electron chi connectivity index (χ3n) is 2.80. The number of carbonyl (C=O) groups is 1. The van der Waals surface area contributed by atoms with Crippen molar-refractivity contribution in [1.82, 2.24) is 20.3 Å². The van der Waals surface area contributed by atoms with E-state index in [0.717, 1.165) is 37.2 Å². The van der Waals surface area contributed by atoms with Crippen molar-refractivity contribution in [1.29, 1.82) is 0 Å². The van der Waals surface area contributed by atoms with Crippen LogP contribution >= 0.6 is 0 Å². The molecule has 1 N–H and O–H groups in total. The second kappa shape index (κ2) is 6.68. The number of unbranched alkanes of at least 4 members (excludes halogenated alkanes) is 1. The summed E-state index contributed by atoms with van der Waals surface area (Å²) in [6.45, 7) is 2.26. The lowest BCUT2D eigenvalue weighted by Gasteiger charge is -2.00. The number of para-hydroxylation sites is 1. The van der Waals surface area contributed by atoms with Crippen LogP contribution in [-0.4, -0.2) is 27.4 Å². The number of aromatic nitrogens is 3. The molecule has 0 aliphatic rings. The van der Waals surface area contributed by atoms with E-state index in [1.54, 1.807) is 4.68 Å². The van der Waals surface area contributed by atoms with Gasteiger partial charge in [0.25, 0.3) is 0 Å². The molecule has 5 nitrogen and oxygen atoms in total. The van der Waals surface area contributed by atoms with Gasteiger partial charge in [-0.3, -0.25) is 4.79 Å². The fraction of sp³-hybridized carbons (Fsp3) is 0.357. The number of rotatable bonds is 6. The molecule has 1 aromatic heterocycles. The van der Waals surface area contributed by atoms with E-state index in [4.69, 9.17) is 0 Å². The third-order valence-corrected chi connectivity index (χ3v) is 2.80. The summed E-state index contributed by atoms with van der Waals surface area (Å²) < 4.78 is 1.78. The Hall–Kier alpha value is -2.17. The summed E-state index contributed by atoms with van der Waals surface area (Å²) in [5.74, 6) is 0.0232. The van der Waals surface area contributed by atoms with Gasteiger partial charge in [0.15, 0.2) is 0 Å². The van der Waals surface area contributed by atoms with Gasteiger partial charge in [0.1, 0.15) is 0 Å². The second-order valence-electron chi connectivity index (χ2n) is 4.43. The number of nitrogens with zero attached hydrogens (tertiary/aromatic N) is 3. The number of carbonyl (C=O) groups excluding carboxylic acids is 1. The highest BCUT2D eigenvalue weighted by molar-refractivity contribution is 5.72. The minimum Gasteiger partial charge on any atom is -0.356 e. The lowest BCUT2D eigenvalue weighted by molar-refractivity contribution is -0.118. The Morgan fingerprint density at radius 3 is 2.79 bits per heavy atom. The summed E-state index contributed by atoms with van der Waals surface area (Å²) in [7, 11) is 0. The zero-order valence-corrected chi connectivity index (χ0v) is 11.0. The molecule has 0 aliphatic heterocycles. The van der Waals surface area contributed by atoms with Crippen LogP contribution < -0.4 is 5.32 Å². The molecule has 0 bridgehead atoms. The summed E-state index contributed by atoms with van der Waals surface area (Å²) >= 11 is 0. The molecule has 1 amide bonds. The number of hydrogen-bond donors (Lipinski definition) is 1. The first-order valence-electron chi connectivity index (χ1n) is 6.47. The fourth-order valence-electron chi connectivity index (χ4n) is 1.82. The number of nitrogens with one attached hydrogen (secondary N) is 1. The van der Waals surface area contributed by atoms with E-state index in [9.17, 15) is 4.79 Å². The van der Waals surface area contributed by atoms with Crippen LogP contribution in [-0.2, 0) is 11.2 Å². The number of benzene rings is 1. The molecule has 19 heavy (non-hydrogen) atoms. The maximum Gasteiger partial charge on any atom is 0.216 e. The van der Waals surface area contributed by atoms with Gasteiger partial charge in [0, 0.05) is 13.5 Å². The van der Waals surface area contributed by atoms with E-state index < -0.39 is 0 Å². The Bertz CT molecular complexity index is 521. The van der Waals surface area contributed by atoms with Crippen LogP contribution in [0.5, 0.6) is 0 Å². The van der Waals surface area contributed by atoms with Gasteiger partial charge in [-0.1, -0.05) is 23.4 Å². The van der Waals surface area contributed by atoms with Crippen molar-refractivity contribution in [2.45, 2.75) is 26.2 Å². The largest absolute Gasteiger partial charge is 0.356 e. The normalized spacial score (nSPS) is 10.4. The molecule has 1 aromatic carbocycles. The van der Waals surface area contributed by atoms with Crippen molar-refractivity contribution in [3.63, 3.8) is 0 Å². The predicted molar refractivity (Wildman–Crippen MR) is 73.0 cm³/mol. The number of aryl methyl sites for hydroxylation is 1. The maximum atomic E-state index is 10.7. The van der Waals surface area contributed by atoms with Crippen molar-refractivity contribution in [2.75, 3.05) is 6.54 Å². The highest BCUT2D eigenvalue weighted by Crippen LogP contribution is 2.07. The van der Waals surface area contributed by atoms with Gasteiger partial charge in [-0.2, -0.15) is 0 Å². The second-order valence-corrected chi connectivity index (χ2v) is 4.43. The van der Waals surface area contributed by atoms with E-state index in [-0.39, 0.29) is 5.91 Å². The molecule has 2 rings (SSSR count). The zero-order chi connectivity index (χ0) is 13.5. The minimum atomic E-state index is 0.0232. The van der Waals surface area contributed by atoms with Crippen molar-refractivity contribution < 1.29 is 4.79 Å². The molecule has 1 heterocycles. The zero-order valence-electron chi connectivity index (χ0n) is 11.0. The molecule has 0 radical (unpaired) electrons. The molecule has 5 heteroatoms. The first-order valence-corrected chi connectivity index (χ1v) is 6.47. The Morgan fingerprint density at radius 1 is 1.26 bits per heavy atom. The summed E-state index contributed by atoms with van der Waals surface area (Å²) in [6.07, 6.45) is 4.78. The van der Waals surface area contributed by atoms with E-state index in [1.165, 1.54) is 6.92 Å². The number of amides is 1. The fourth-order valence-corrected chi connectivity index (χ4v) is 1.82. The standard InChI is InChI=1S/C14H18N4O/c1-12(19)15-10-6-5-7-13-11-18(17-16-13)14-8-3-2-4-9-14/h2-4,8-9,11H,5-7,10H2,1H3,(H,15,19). The van der Waals surface area contributed by atoms with Gasteiger partial charge in [-0.25, -0.2) is 4.68 Å². The molecule has 100 valence electrons. The average Bonchev–Trinajstić information content (AvgIpc) is 2.88. The summed E-state index contributed by atoms with van der Waals surface area (Å²) in [6, 6.07) is 9.92. The SMILES string of the molecule is CC(=O)NCCCCc1cn(-c2ccccc2)nn1. The first-order chi connectivity index (χ1) is 9.25. The molecular weight excluding hydrogens is 240 g/mol. The van der Waals surface area contributed by atoms with Crippen LogP contribution in [0.1, 0.15) is 25.5 Å². The highest BCUT2D eigenvalue weighted by Gasteiger charge is 2.02. The van der Waals surface area contributed by atoms with E-state index >= 15 is 0 Å². The Balaban J connectivity index is 1.80. The molecule has 0 saturated heterocycles. The van der Waals surface area contributed by atoms with Crippen LogP contribution in [0.15, 0.2) is 36.5 Å². The van der Waals surface area contributed by atoms with Crippen LogP contribution in [0.4, 0.5) is 0 Å². The average molecular weight is 258 g/mol. The molecule has 0 saturated carbocycles. The predicted octanol–water partition coefficient (Wildman–Crippen LogP) is 1.73. The van der Waals surface area contributed by atoms with Gasteiger partial charge < -0.3 is 5.32 Å². The number of hydrogen-bond acceptors (Lipinski definition) is 3. The molecule has 2 aromatic rings. The molecule has 0 spiro atoms. The van der Waals surface area contributed by atoms with Gasteiger partial charge >= 0.3 is 0 Å². The Morgan fingerprint density at radius 2 is 2.05 bits per heavy atom. The molecule has 0 atom stereocenters. The van der Waals surface area contributed by atoms with Gasteiger partial charge in [-0.15, -0.1) is 5.10 Å². The summed E-state index contributed by atoms with van der Waals surface area (Å²) in [5.41, 5.74) is 1.99. The van der Waals surface area contributed by atoms with Gasteiger partial charge in [0.05, 0.1) is 17.6 Å². The van der Waals surface area contributed by atoms with Crippen LogP contribution in [0.25, 0.3) is 5.69 Å². The van der Waals surface area contributed by atoms with Gasteiger partial charge in [-0.05, 0) is 31.4 Å². The van der Waals surface area contributed by atoms with Gasteiger partial charge in [0.2, 0.25) is 5.91 Å². The van der Waals surface area contributed by atoms with Crippen molar-refractivity contribution in [2.24, 2.45) is 0 Å². The molecule has 0 aliphatic carbocycles. The monoisotopic (exact) mass is 258 g/mol. The smallest absolute Gasteiger partial charge is 0.216 e. The van der Waals surface area contributed by atoms with Crippen molar-refractivity contribution in [3.05, 3.63) is 42.2 Å². The van der Waals surface area contributed by atoms with Crippen molar-refractivity contribution in [3.8, 4) is 5.69 Å². The minimum absolute atomic E-state index is 0.0232. The first kappa shape index (κ1) is 13.3. The van der Waals surface area contributed by atoms with E-state index in [2.05, 4.69) is 15.6 Å². The highest BCUT2D eigenvalue weighted by atomic mass is 16.1. The van der Waals surface area contributed by atoms with E-state index in [0.29, 0.717) is 0 Å². The van der Waals surface area contributed by atoms with Crippen LogP contribution in [0, 0.1) is 0 Å².